The van der Waals surface area contributed by atoms with Crippen molar-refractivity contribution in [2.75, 3.05) is 25.2 Å². The molecule has 0 radical (unpaired) electrons. The van der Waals surface area contributed by atoms with Crippen molar-refractivity contribution in [3.05, 3.63) is 0 Å². The van der Waals surface area contributed by atoms with Crippen LogP contribution in [0.15, 0.2) is 0 Å². The monoisotopic (exact) mass is 404 g/mol. The van der Waals surface area contributed by atoms with Crippen LogP contribution in [0.5, 0.6) is 0 Å². The molecular weight excluding hydrogens is 368 g/mol. The summed E-state index contributed by atoms with van der Waals surface area (Å²) in [5, 5.41) is 10.5. The minimum absolute atomic E-state index is 0.228. The van der Waals surface area contributed by atoms with Gasteiger partial charge in [0.25, 0.3) is 0 Å². The fourth-order valence-corrected chi connectivity index (χ4v) is 5.88. The van der Waals surface area contributed by atoms with E-state index in [1.54, 1.807) is 18.0 Å². The van der Waals surface area contributed by atoms with E-state index in [-0.39, 0.29) is 16.7 Å². The van der Waals surface area contributed by atoms with Crippen molar-refractivity contribution >= 4 is 28.8 Å². The lowest BCUT2D eigenvalue weighted by Gasteiger charge is -2.44. The summed E-state index contributed by atoms with van der Waals surface area (Å²) in [4.78, 5) is 11.1. The average Bonchev–Trinajstić information content (AvgIpc) is 2.83. The van der Waals surface area contributed by atoms with E-state index in [1.807, 2.05) is 0 Å². The first-order valence-electron chi connectivity index (χ1n) is 10.1. The number of aliphatic hydroxyl groups is 1. The van der Waals surface area contributed by atoms with E-state index in [9.17, 15) is 9.90 Å². The van der Waals surface area contributed by atoms with E-state index in [4.69, 9.17) is 9.47 Å². The van der Waals surface area contributed by atoms with Crippen LogP contribution < -0.4 is 0 Å². The lowest BCUT2D eigenvalue weighted by Crippen LogP contribution is -2.41. The maximum Gasteiger partial charge on any atom is 0.367 e. The highest BCUT2D eigenvalue weighted by Gasteiger charge is 2.42. The fraction of sp³-hybridized carbons (Fsp3) is 0.950. The summed E-state index contributed by atoms with van der Waals surface area (Å²) in [6, 6.07) is 0. The number of hydrogen-bond acceptors (Lipinski definition) is 6. The molecule has 1 aliphatic carbocycles. The quantitative estimate of drug-likeness (QED) is 0.364. The maximum atomic E-state index is 11.1. The number of carbonyl (C=O) groups is 1. The Labute approximate surface area is 167 Å². The van der Waals surface area contributed by atoms with Gasteiger partial charge < -0.3 is 14.6 Å². The lowest BCUT2D eigenvalue weighted by molar-refractivity contribution is -0.0201. The van der Waals surface area contributed by atoms with Crippen molar-refractivity contribution in [1.82, 2.24) is 0 Å². The summed E-state index contributed by atoms with van der Waals surface area (Å²) in [7, 11) is 0. The Morgan fingerprint density at radius 3 is 2.73 bits per heavy atom. The van der Waals surface area contributed by atoms with Gasteiger partial charge in [-0.2, -0.15) is 0 Å². The number of hydrogen-bond donors (Lipinski definition) is 1. The van der Waals surface area contributed by atoms with E-state index >= 15 is 0 Å². The van der Waals surface area contributed by atoms with Gasteiger partial charge in [-0.1, -0.05) is 20.3 Å². The molecule has 6 heteroatoms. The van der Waals surface area contributed by atoms with Gasteiger partial charge in [0.1, 0.15) is 5.44 Å². The molecule has 0 amide bonds. The summed E-state index contributed by atoms with van der Waals surface area (Å²) in [6.07, 6.45) is 7.77. The summed E-state index contributed by atoms with van der Waals surface area (Å²) in [5.74, 6) is 3.72. The highest BCUT2D eigenvalue weighted by atomic mass is 32.2. The molecule has 1 saturated heterocycles. The van der Waals surface area contributed by atoms with Crippen molar-refractivity contribution < 1.29 is 19.4 Å². The van der Waals surface area contributed by atoms with E-state index in [0.717, 1.165) is 42.4 Å². The highest BCUT2D eigenvalue weighted by Crippen LogP contribution is 2.47. The van der Waals surface area contributed by atoms with Gasteiger partial charge in [0.2, 0.25) is 0 Å². The van der Waals surface area contributed by atoms with Gasteiger partial charge in [-0.25, -0.2) is 4.79 Å². The molecule has 26 heavy (non-hydrogen) atoms. The summed E-state index contributed by atoms with van der Waals surface area (Å²) >= 11 is 2.70. The molecule has 2 rings (SSSR count). The topological polar surface area (TPSA) is 55.8 Å². The molecule has 1 aliphatic heterocycles. The van der Waals surface area contributed by atoms with Gasteiger partial charge in [-0.05, 0) is 86.0 Å². The smallest absolute Gasteiger partial charge is 0.367 e. The van der Waals surface area contributed by atoms with Crippen molar-refractivity contribution in [2.45, 2.75) is 64.4 Å². The molecule has 2 aliphatic rings. The number of ether oxygens (including phenoxy) is 2. The molecule has 7 atom stereocenters. The zero-order valence-electron chi connectivity index (χ0n) is 16.7. The van der Waals surface area contributed by atoms with Crippen LogP contribution in [0.4, 0.5) is 4.79 Å². The first kappa shape index (κ1) is 22.4. The van der Waals surface area contributed by atoms with Crippen LogP contribution in [0, 0.1) is 29.6 Å². The Balaban J connectivity index is 1.82. The van der Waals surface area contributed by atoms with Gasteiger partial charge in [0.15, 0.2) is 0 Å². The molecule has 2 fully saturated rings. The van der Waals surface area contributed by atoms with E-state index in [2.05, 4.69) is 20.8 Å². The van der Waals surface area contributed by atoms with Gasteiger partial charge in [-0.3, -0.25) is 0 Å². The van der Waals surface area contributed by atoms with Gasteiger partial charge in [-0.15, -0.1) is 11.8 Å². The maximum absolute atomic E-state index is 11.1. The third-order valence-corrected chi connectivity index (χ3v) is 8.10. The molecule has 1 N–H and O–H groups in total. The normalized spacial score (nSPS) is 34.4. The second-order valence-electron chi connectivity index (χ2n) is 8.04. The molecular formula is C20H36O4S2. The molecule has 1 saturated carbocycles. The van der Waals surface area contributed by atoms with Crippen LogP contribution in [0.25, 0.3) is 0 Å². The Kier molecular flexibility index (Phi) is 9.62. The molecule has 4 nitrogen and oxygen atoms in total. The summed E-state index contributed by atoms with van der Waals surface area (Å²) < 4.78 is 11.2. The van der Waals surface area contributed by atoms with E-state index in [0.29, 0.717) is 24.5 Å². The Morgan fingerprint density at radius 1 is 1.23 bits per heavy atom. The molecule has 0 bridgehead atoms. The predicted octanol–water partition coefficient (Wildman–Crippen LogP) is 5.04. The average molecular weight is 405 g/mol. The zero-order valence-corrected chi connectivity index (χ0v) is 18.3. The van der Waals surface area contributed by atoms with Crippen molar-refractivity contribution in [2.24, 2.45) is 29.6 Å². The van der Waals surface area contributed by atoms with E-state index < -0.39 is 0 Å². The molecule has 1 heterocycles. The minimum atomic E-state index is -0.356. The van der Waals surface area contributed by atoms with Crippen molar-refractivity contribution in [1.29, 1.82) is 0 Å². The van der Waals surface area contributed by atoms with E-state index in [1.165, 1.54) is 25.7 Å². The van der Waals surface area contributed by atoms with Crippen LogP contribution in [-0.4, -0.2) is 47.2 Å². The standard InChI is InChI=1S/C20H36O4S2/c1-13-6-8-17(18-12-24-14(2)7-9-16(13)18)15(3)19(21)26-11-5-10-23-20(22)25-4/h13-19,21H,5-12H2,1-4H3/t13-,14?,15?,16+,17+,18?,19+/m1/s1. The predicted molar refractivity (Wildman–Crippen MR) is 111 cm³/mol. The molecule has 0 aromatic heterocycles. The van der Waals surface area contributed by atoms with Crippen LogP contribution >= 0.6 is 23.5 Å². The lowest BCUT2D eigenvalue weighted by atomic mass is 9.63. The molecule has 0 spiro atoms. The number of thioether (sulfide) groups is 2. The van der Waals surface area contributed by atoms with Crippen molar-refractivity contribution in [3.8, 4) is 0 Å². The molecule has 0 aromatic rings. The third-order valence-electron chi connectivity index (χ3n) is 6.35. The number of carbonyl (C=O) groups excluding carboxylic acids is 1. The molecule has 3 unspecified atom stereocenters. The molecule has 0 aromatic carbocycles. The van der Waals surface area contributed by atoms with Gasteiger partial charge in [0.05, 0.1) is 19.3 Å². The number of fused-ring (bicyclic) bond motifs is 1. The highest BCUT2D eigenvalue weighted by molar-refractivity contribution is 8.12. The fourth-order valence-electron chi connectivity index (χ4n) is 4.65. The number of rotatable bonds is 7. The SMILES string of the molecule is CSC(=O)OCCCS[C@H](O)C(C)[C@@H]1CC[C@@H](C)[C@@H]2CCC(C)OCC12. The Morgan fingerprint density at radius 2 is 2.00 bits per heavy atom. The van der Waals surface area contributed by atoms with Crippen LogP contribution in [-0.2, 0) is 9.47 Å². The van der Waals surface area contributed by atoms with Crippen molar-refractivity contribution in [3.63, 3.8) is 0 Å². The molecule has 152 valence electrons. The summed E-state index contributed by atoms with van der Waals surface area (Å²) in [6.45, 7) is 8.08. The van der Waals surface area contributed by atoms with Crippen LogP contribution in [0.1, 0.15) is 52.9 Å². The van der Waals surface area contributed by atoms with Crippen LogP contribution in [0.3, 0.4) is 0 Å². The Bertz CT molecular complexity index is 434. The first-order chi connectivity index (χ1) is 12.4. The number of aliphatic hydroxyl groups excluding tert-OH is 1. The zero-order chi connectivity index (χ0) is 19.1. The second-order valence-corrected chi connectivity index (χ2v) is 10.0. The minimum Gasteiger partial charge on any atom is -0.458 e. The third kappa shape index (κ3) is 6.32. The first-order valence-corrected chi connectivity index (χ1v) is 12.3. The second kappa shape index (κ2) is 11.2. The van der Waals surface area contributed by atoms with Crippen LogP contribution in [0.2, 0.25) is 0 Å². The largest absolute Gasteiger partial charge is 0.458 e. The Hall–Kier alpha value is 0.0900. The van der Waals surface area contributed by atoms with Gasteiger partial charge >= 0.3 is 5.30 Å². The summed E-state index contributed by atoms with van der Waals surface area (Å²) in [5.41, 5.74) is -0.356. The van der Waals surface area contributed by atoms with Gasteiger partial charge in [0, 0.05) is 0 Å².